The molecule has 2 fully saturated rings. The van der Waals surface area contributed by atoms with E-state index in [1.54, 1.807) is 35.0 Å². The van der Waals surface area contributed by atoms with Crippen LogP contribution in [-0.2, 0) is 25.5 Å². The number of benzene rings is 1. The summed E-state index contributed by atoms with van der Waals surface area (Å²) in [7, 11) is 1.71. The molecule has 2 heterocycles. The lowest BCUT2D eigenvalue weighted by Gasteiger charge is -2.42. The number of aryl methyl sites for hydroxylation is 1. The lowest BCUT2D eigenvalue weighted by molar-refractivity contribution is -0.161. The Bertz CT molecular complexity index is 654. The molecule has 25 heavy (non-hydrogen) atoms. The molecule has 0 N–H and O–H groups in total. The van der Waals surface area contributed by atoms with E-state index in [1.165, 1.54) is 6.07 Å². The van der Waals surface area contributed by atoms with Crippen LogP contribution in [0.3, 0.4) is 0 Å². The predicted molar refractivity (Wildman–Crippen MR) is 88.4 cm³/mol. The first-order chi connectivity index (χ1) is 12.0. The first-order valence-corrected chi connectivity index (χ1v) is 8.46. The molecule has 1 atom stereocenters. The van der Waals surface area contributed by atoms with Gasteiger partial charge in [0.15, 0.2) is 0 Å². The zero-order valence-corrected chi connectivity index (χ0v) is 14.4. The van der Waals surface area contributed by atoms with Crippen molar-refractivity contribution in [2.24, 2.45) is 0 Å². The maximum absolute atomic E-state index is 13.7. The van der Waals surface area contributed by atoms with Gasteiger partial charge in [0.05, 0.1) is 26.3 Å². The van der Waals surface area contributed by atoms with Crippen LogP contribution in [0.15, 0.2) is 24.3 Å². The molecule has 136 valence electrons. The van der Waals surface area contributed by atoms with Gasteiger partial charge >= 0.3 is 0 Å². The number of rotatable bonds is 3. The Balaban J connectivity index is 1.61. The van der Waals surface area contributed by atoms with E-state index in [1.807, 2.05) is 0 Å². The smallest absolute Gasteiger partial charge is 0.248 e. The second-order valence-corrected chi connectivity index (χ2v) is 6.68. The highest BCUT2D eigenvalue weighted by Gasteiger charge is 2.42. The Kier molecular flexibility index (Phi) is 5.34. The zero-order valence-electron chi connectivity index (χ0n) is 14.4. The van der Waals surface area contributed by atoms with Gasteiger partial charge in [-0.2, -0.15) is 0 Å². The van der Waals surface area contributed by atoms with Gasteiger partial charge in [0.2, 0.25) is 11.8 Å². The molecule has 0 bridgehead atoms. The van der Waals surface area contributed by atoms with Crippen LogP contribution in [0.1, 0.15) is 12.0 Å². The summed E-state index contributed by atoms with van der Waals surface area (Å²) in [5.41, 5.74) is -0.144. The zero-order chi connectivity index (χ0) is 17.9. The summed E-state index contributed by atoms with van der Waals surface area (Å²) in [6.45, 7) is 1.97. The molecule has 0 saturated carbocycles. The van der Waals surface area contributed by atoms with E-state index in [-0.39, 0.29) is 37.3 Å². The van der Waals surface area contributed by atoms with Crippen molar-refractivity contribution in [3.8, 4) is 0 Å². The van der Waals surface area contributed by atoms with Crippen molar-refractivity contribution in [3.63, 3.8) is 0 Å². The normalized spacial score (nSPS) is 24.5. The number of carbonyl (C=O) groups is 2. The average molecular weight is 350 g/mol. The second-order valence-electron chi connectivity index (χ2n) is 6.68. The number of likely N-dealkylation sites (N-methyl/N-ethyl adjacent to an activating group) is 1. The highest BCUT2D eigenvalue weighted by molar-refractivity contribution is 5.78. The van der Waals surface area contributed by atoms with Crippen LogP contribution in [0.5, 0.6) is 0 Å². The summed E-state index contributed by atoms with van der Waals surface area (Å²) in [5, 5.41) is 0. The summed E-state index contributed by atoms with van der Waals surface area (Å²) in [6, 6.07) is 6.50. The summed E-state index contributed by atoms with van der Waals surface area (Å²) in [6.07, 6.45) is 0.609. The van der Waals surface area contributed by atoms with Crippen LogP contribution < -0.4 is 0 Å². The second kappa shape index (κ2) is 7.49. The Morgan fingerprint density at radius 3 is 2.92 bits per heavy atom. The molecule has 2 aliphatic heterocycles. The van der Waals surface area contributed by atoms with E-state index in [4.69, 9.17) is 9.47 Å². The molecule has 7 heteroatoms. The minimum absolute atomic E-state index is 0.0306. The third-order valence-corrected chi connectivity index (χ3v) is 4.71. The molecule has 1 spiro atoms. The minimum Gasteiger partial charge on any atom is -0.368 e. The largest absolute Gasteiger partial charge is 0.368 e. The molecule has 0 radical (unpaired) electrons. The molecule has 1 unspecified atom stereocenters. The highest BCUT2D eigenvalue weighted by Crippen LogP contribution is 2.23. The molecule has 1 aromatic carbocycles. The van der Waals surface area contributed by atoms with Crippen molar-refractivity contribution >= 4 is 11.8 Å². The molecule has 0 aromatic heterocycles. The SMILES string of the molecule is CN1CC2(COCC1=O)CN(C(=O)CCc1ccccc1F)CCO2. The number of amides is 2. The Labute approximate surface area is 146 Å². The van der Waals surface area contributed by atoms with Crippen LogP contribution >= 0.6 is 0 Å². The van der Waals surface area contributed by atoms with E-state index in [0.29, 0.717) is 38.2 Å². The fourth-order valence-corrected chi connectivity index (χ4v) is 3.34. The van der Waals surface area contributed by atoms with Crippen LogP contribution in [0.2, 0.25) is 0 Å². The number of halogens is 1. The number of ether oxygens (including phenoxy) is 2. The molecular formula is C18H23FN2O4. The Morgan fingerprint density at radius 2 is 2.12 bits per heavy atom. The van der Waals surface area contributed by atoms with E-state index in [2.05, 4.69) is 0 Å². The number of nitrogens with zero attached hydrogens (tertiary/aromatic N) is 2. The summed E-state index contributed by atoms with van der Waals surface area (Å²) in [4.78, 5) is 27.7. The summed E-state index contributed by atoms with van der Waals surface area (Å²) in [5.74, 6) is -0.418. The van der Waals surface area contributed by atoms with Gasteiger partial charge in [0.25, 0.3) is 0 Å². The molecule has 1 aromatic rings. The minimum atomic E-state index is -0.688. The number of hydrogen-bond donors (Lipinski definition) is 0. The molecule has 2 amide bonds. The maximum Gasteiger partial charge on any atom is 0.248 e. The van der Waals surface area contributed by atoms with Gasteiger partial charge in [-0.15, -0.1) is 0 Å². The van der Waals surface area contributed by atoms with Gasteiger partial charge < -0.3 is 19.3 Å². The fourth-order valence-electron chi connectivity index (χ4n) is 3.34. The van der Waals surface area contributed by atoms with Gasteiger partial charge in [-0.1, -0.05) is 18.2 Å². The number of carbonyl (C=O) groups excluding carboxylic acids is 2. The quantitative estimate of drug-likeness (QED) is 0.811. The van der Waals surface area contributed by atoms with Gasteiger partial charge in [0, 0.05) is 20.0 Å². The Hall–Kier alpha value is -1.99. The topological polar surface area (TPSA) is 59.1 Å². The fraction of sp³-hybridized carbons (Fsp3) is 0.556. The van der Waals surface area contributed by atoms with Crippen LogP contribution in [0.4, 0.5) is 4.39 Å². The molecule has 2 aliphatic rings. The number of morpholine rings is 1. The predicted octanol–water partition coefficient (Wildman–Crippen LogP) is 0.845. The lowest BCUT2D eigenvalue weighted by Crippen LogP contribution is -2.59. The van der Waals surface area contributed by atoms with Gasteiger partial charge in [-0.05, 0) is 18.1 Å². The molecular weight excluding hydrogens is 327 g/mol. The van der Waals surface area contributed by atoms with E-state index in [0.717, 1.165) is 0 Å². The van der Waals surface area contributed by atoms with Crippen LogP contribution in [-0.4, -0.2) is 73.7 Å². The molecule has 6 nitrogen and oxygen atoms in total. The van der Waals surface area contributed by atoms with Crippen LogP contribution in [0, 0.1) is 5.82 Å². The molecule has 3 rings (SSSR count). The van der Waals surface area contributed by atoms with Crippen molar-refractivity contribution in [1.29, 1.82) is 0 Å². The Morgan fingerprint density at radius 1 is 1.32 bits per heavy atom. The van der Waals surface area contributed by atoms with E-state index >= 15 is 0 Å². The van der Waals surface area contributed by atoms with Crippen molar-refractivity contribution in [1.82, 2.24) is 9.80 Å². The third-order valence-electron chi connectivity index (χ3n) is 4.71. The standard InChI is InChI=1S/C18H23FN2O4/c1-20-11-18(13-24-10-17(20)23)12-21(8-9-25-18)16(22)7-6-14-4-2-3-5-15(14)19/h2-5H,6-13H2,1H3. The first kappa shape index (κ1) is 17.8. The molecule has 2 saturated heterocycles. The summed E-state index contributed by atoms with van der Waals surface area (Å²) >= 11 is 0. The monoisotopic (exact) mass is 350 g/mol. The molecule has 0 aliphatic carbocycles. The van der Waals surface area contributed by atoms with Gasteiger partial charge in [0.1, 0.15) is 18.0 Å². The van der Waals surface area contributed by atoms with Crippen molar-refractivity contribution in [2.45, 2.75) is 18.4 Å². The lowest BCUT2D eigenvalue weighted by atomic mass is 10.0. The first-order valence-electron chi connectivity index (χ1n) is 8.46. The van der Waals surface area contributed by atoms with Crippen LogP contribution in [0.25, 0.3) is 0 Å². The summed E-state index contributed by atoms with van der Waals surface area (Å²) < 4.78 is 25.0. The van der Waals surface area contributed by atoms with Crippen molar-refractivity contribution < 1.29 is 23.5 Å². The maximum atomic E-state index is 13.7. The van der Waals surface area contributed by atoms with Crippen molar-refractivity contribution in [2.75, 3.05) is 46.5 Å². The van der Waals surface area contributed by atoms with Gasteiger partial charge in [-0.3, -0.25) is 9.59 Å². The van der Waals surface area contributed by atoms with E-state index in [9.17, 15) is 14.0 Å². The highest BCUT2D eigenvalue weighted by atomic mass is 19.1. The van der Waals surface area contributed by atoms with E-state index < -0.39 is 5.60 Å². The number of hydrogen-bond acceptors (Lipinski definition) is 4. The average Bonchev–Trinajstić information content (AvgIpc) is 2.73. The van der Waals surface area contributed by atoms with Crippen molar-refractivity contribution in [3.05, 3.63) is 35.6 Å². The van der Waals surface area contributed by atoms with Gasteiger partial charge in [-0.25, -0.2) is 4.39 Å². The third kappa shape index (κ3) is 4.16.